The van der Waals surface area contributed by atoms with Gasteiger partial charge in [-0.1, -0.05) is 55.5 Å². The van der Waals surface area contributed by atoms with Crippen LogP contribution in [0.15, 0.2) is 61.1 Å². The van der Waals surface area contributed by atoms with Crippen molar-refractivity contribution in [2.45, 2.75) is 37.8 Å². The van der Waals surface area contributed by atoms with Crippen LogP contribution in [0.25, 0.3) is 11.1 Å². The summed E-state index contributed by atoms with van der Waals surface area (Å²) in [4.78, 5) is 43.6. The summed E-state index contributed by atoms with van der Waals surface area (Å²) in [5.41, 5.74) is 5.00. The molecular weight excluding hydrogens is 436 g/mol. The van der Waals surface area contributed by atoms with Crippen molar-refractivity contribution < 1.29 is 24.2 Å². The Morgan fingerprint density at radius 3 is 2.24 bits per heavy atom. The number of aromatic amines is 1. The van der Waals surface area contributed by atoms with Crippen LogP contribution in [0.2, 0.25) is 0 Å². The number of alkyl carbamates (subject to hydrolysis) is 1. The lowest BCUT2D eigenvalue weighted by Gasteiger charge is -2.21. The molecule has 0 saturated carbocycles. The number of aliphatic carboxylic acids is 1. The van der Waals surface area contributed by atoms with Gasteiger partial charge < -0.3 is 25.5 Å². The van der Waals surface area contributed by atoms with E-state index < -0.39 is 30.1 Å². The molecule has 0 radical (unpaired) electrons. The second-order valence-corrected chi connectivity index (χ2v) is 8.11. The predicted octanol–water partition coefficient (Wildman–Crippen LogP) is 2.84. The van der Waals surface area contributed by atoms with Crippen molar-refractivity contribution in [2.24, 2.45) is 0 Å². The van der Waals surface area contributed by atoms with Crippen LogP contribution < -0.4 is 10.6 Å². The van der Waals surface area contributed by atoms with E-state index in [9.17, 15) is 19.5 Å². The first kappa shape index (κ1) is 23.0. The fraction of sp³-hybridized carbons (Fsp3) is 0.280. The number of benzene rings is 2. The van der Waals surface area contributed by atoms with Crippen LogP contribution >= 0.6 is 0 Å². The molecule has 9 heteroatoms. The molecule has 1 aromatic heterocycles. The summed E-state index contributed by atoms with van der Waals surface area (Å²) in [6.45, 7) is 1.76. The molecule has 1 aliphatic carbocycles. The molecule has 9 nitrogen and oxygen atoms in total. The Bertz CT molecular complexity index is 1130. The predicted molar refractivity (Wildman–Crippen MR) is 124 cm³/mol. The van der Waals surface area contributed by atoms with Crippen LogP contribution in [-0.2, 0) is 20.7 Å². The van der Waals surface area contributed by atoms with Crippen LogP contribution in [0.5, 0.6) is 0 Å². The zero-order valence-electron chi connectivity index (χ0n) is 18.7. The molecular formula is C25H26N4O5. The van der Waals surface area contributed by atoms with E-state index in [0.29, 0.717) is 5.69 Å². The molecule has 0 fully saturated rings. The molecule has 0 spiro atoms. The molecule has 4 N–H and O–H groups in total. The number of aromatic nitrogens is 2. The van der Waals surface area contributed by atoms with E-state index in [1.807, 2.05) is 48.5 Å². The highest BCUT2D eigenvalue weighted by Gasteiger charge is 2.30. The quantitative estimate of drug-likeness (QED) is 0.386. The number of imidazole rings is 1. The lowest BCUT2D eigenvalue weighted by atomic mass is 9.98. The number of hydrogen-bond donors (Lipinski definition) is 4. The second kappa shape index (κ2) is 10.2. The standard InChI is InChI=1S/C25H26N4O5/c1-2-21(24(31)32)28-23(30)22(11-15-12-26-14-27-15)29-25(33)34-13-20-18-9-5-3-7-16(18)17-8-4-6-10-19(17)20/h3-10,12,14,20-22H,2,11,13H2,1H3,(H,26,27)(H,28,30)(H,29,33)(H,31,32)/t21-,22-/m1/s1. The summed E-state index contributed by atoms with van der Waals surface area (Å²) >= 11 is 0. The van der Waals surface area contributed by atoms with Gasteiger partial charge in [0.05, 0.1) is 6.33 Å². The Morgan fingerprint density at radius 2 is 1.68 bits per heavy atom. The number of fused-ring (bicyclic) bond motifs is 3. The Kier molecular flexibility index (Phi) is 6.91. The smallest absolute Gasteiger partial charge is 0.407 e. The minimum Gasteiger partial charge on any atom is -0.480 e. The summed E-state index contributed by atoms with van der Waals surface area (Å²) in [5, 5.41) is 14.3. The number of amides is 2. The van der Waals surface area contributed by atoms with Gasteiger partial charge in [0.2, 0.25) is 5.91 Å². The van der Waals surface area contributed by atoms with Crippen molar-refractivity contribution in [1.29, 1.82) is 0 Å². The van der Waals surface area contributed by atoms with Gasteiger partial charge in [-0.25, -0.2) is 14.6 Å². The second-order valence-electron chi connectivity index (χ2n) is 8.11. The zero-order valence-corrected chi connectivity index (χ0v) is 18.7. The molecule has 2 aromatic carbocycles. The molecule has 2 amide bonds. The van der Waals surface area contributed by atoms with E-state index in [2.05, 4.69) is 20.6 Å². The summed E-state index contributed by atoms with van der Waals surface area (Å²) < 4.78 is 5.55. The van der Waals surface area contributed by atoms with Gasteiger partial charge in [-0.15, -0.1) is 0 Å². The number of carbonyl (C=O) groups excluding carboxylic acids is 2. The first-order chi connectivity index (χ1) is 16.5. The minimum absolute atomic E-state index is 0.102. The van der Waals surface area contributed by atoms with Crippen molar-refractivity contribution in [3.63, 3.8) is 0 Å². The van der Waals surface area contributed by atoms with Gasteiger partial charge in [0, 0.05) is 24.2 Å². The van der Waals surface area contributed by atoms with E-state index in [1.54, 1.807) is 6.92 Å². The highest BCUT2D eigenvalue weighted by molar-refractivity contribution is 5.89. The minimum atomic E-state index is -1.14. The van der Waals surface area contributed by atoms with E-state index in [1.165, 1.54) is 12.5 Å². The molecule has 1 aliphatic rings. The normalized spacial score (nSPS) is 13.9. The number of hydrogen-bond acceptors (Lipinski definition) is 5. The van der Waals surface area contributed by atoms with Gasteiger partial charge in [0.25, 0.3) is 0 Å². The summed E-state index contributed by atoms with van der Waals surface area (Å²) in [6.07, 6.45) is 2.55. The number of carboxylic acids is 1. The molecule has 1 heterocycles. The van der Waals surface area contributed by atoms with E-state index in [0.717, 1.165) is 22.3 Å². The maximum absolute atomic E-state index is 12.8. The lowest BCUT2D eigenvalue weighted by molar-refractivity contribution is -0.142. The summed E-state index contributed by atoms with van der Waals surface area (Å²) in [5.74, 6) is -1.87. The number of rotatable bonds is 9. The van der Waals surface area contributed by atoms with Crippen LogP contribution in [0.3, 0.4) is 0 Å². The molecule has 0 aliphatic heterocycles. The number of carbonyl (C=O) groups is 3. The zero-order chi connectivity index (χ0) is 24.1. The third-order valence-corrected chi connectivity index (χ3v) is 5.95. The Hall–Kier alpha value is -4.14. The highest BCUT2D eigenvalue weighted by Crippen LogP contribution is 2.44. The van der Waals surface area contributed by atoms with Crippen molar-refractivity contribution in [2.75, 3.05) is 6.61 Å². The molecule has 4 rings (SSSR count). The average molecular weight is 463 g/mol. The molecule has 34 heavy (non-hydrogen) atoms. The van der Waals surface area contributed by atoms with Crippen LogP contribution in [0, 0.1) is 0 Å². The van der Waals surface area contributed by atoms with Gasteiger partial charge >= 0.3 is 12.1 Å². The first-order valence-electron chi connectivity index (χ1n) is 11.1. The Morgan fingerprint density at radius 1 is 1.03 bits per heavy atom. The van der Waals surface area contributed by atoms with Gasteiger partial charge in [0.1, 0.15) is 18.7 Å². The summed E-state index contributed by atoms with van der Waals surface area (Å²) in [6, 6.07) is 13.9. The van der Waals surface area contributed by atoms with E-state index in [-0.39, 0.29) is 25.4 Å². The van der Waals surface area contributed by atoms with Crippen LogP contribution in [0.1, 0.15) is 36.1 Å². The maximum atomic E-state index is 12.8. The SMILES string of the molecule is CC[C@@H](NC(=O)[C@@H](Cc1cnc[nH]1)NC(=O)OCC1c2ccccc2-c2ccccc21)C(=O)O. The fourth-order valence-electron chi connectivity index (χ4n) is 4.22. The monoisotopic (exact) mass is 462 g/mol. The largest absolute Gasteiger partial charge is 0.480 e. The third kappa shape index (κ3) is 4.93. The molecule has 0 saturated heterocycles. The maximum Gasteiger partial charge on any atom is 0.407 e. The third-order valence-electron chi connectivity index (χ3n) is 5.95. The molecule has 2 atom stereocenters. The lowest BCUT2D eigenvalue weighted by Crippen LogP contribution is -2.52. The Balaban J connectivity index is 1.45. The van der Waals surface area contributed by atoms with Gasteiger partial charge in [-0.2, -0.15) is 0 Å². The summed E-state index contributed by atoms with van der Waals surface area (Å²) in [7, 11) is 0. The fourth-order valence-corrected chi connectivity index (χ4v) is 4.22. The molecule has 0 bridgehead atoms. The number of nitrogens with zero attached hydrogens (tertiary/aromatic N) is 1. The van der Waals surface area contributed by atoms with Gasteiger partial charge in [0.15, 0.2) is 0 Å². The van der Waals surface area contributed by atoms with Crippen molar-refractivity contribution in [1.82, 2.24) is 20.6 Å². The first-order valence-corrected chi connectivity index (χ1v) is 11.1. The Labute approximate surface area is 196 Å². The number of ether oxygens (including phenoxy) is 1. The topological polar surface area (TPSA) is 133 Å². The van der Waals surface area contributed by atoms with Gasteiger partial charge in [-0.05, 0) is 28.7 Å². The molecule has 176 valence electrons. The van der Waals surface area contributed by atoms with Crippen molar-refractivity contribution in [3.8, 4) is 11.1 Å². The number of nitrogens with one attached hydrogen (secondary N) is 3. The van der Waals surface area contributed by atoms with Crippen molar-refractivity contribution in [3.05, 3.63) is 77.9 Å². The van der Waals surface area contributed by atoms with E-state index in [4.69, 9.17) is 4.74 Å². The van der Waals surface area contributed by atoms with Crippen LogP contribution in [-0.4, -0.2) is 51.7 Å². The number of H-pyrrole nitrogens is 1. The van der Waals surface area contributed by atoms with E-state index >= 15 is 0 Å². The van der Waals surface area contributed by atoms with Gasteiger partial charge in [-0.3, -0.25) is 4.79 Å². The van der Waals surface area contributed by atoms with Crippen LogP contribution in [0.4, 0.5) is 4.79 Å². The highest BCUT2D eigenvalue weighted by atomic mass is 16.5. The number of carboxylic acid groups (broad SMARTS) is 1. The average Bonchev–Trinajstić information content (AvgIpc) is 3.46. The van der Waals surface area contributed by atoms with Crippen molar-refractivity contribution >= 4 is 18.0 Å². The molecule has 3 aromatic rings. The molecule has 0 unspecified atom stereocenters.